The Morgan fingerprint density at radius 3 is 3.00 bits per heavy atom. The number of carbonyl (C=O) groups excluding carboxylic acids is 1. The fraction of sp³-hybridized carbons (Fsp3) is 0.235. The van der Waals surface area contributed by atoms with Gasteiger partial charge in [0.15, 0.2) is 5.78 Å². The van der Waals surface area contributed by atoms with Crippen molar-refractivity contribution in [2.24, 2.45) is 0 Å². The number of fused-ring (bicyclic) bond motifs is 1. The predicted octanol–water partition coefficient (Wildman–Crippen LogP) is 2.82. The largest absolute Gasteiger partial charge is 0.456 e. The molecule has 0 atom stereocenters. The predicted molar refractivity (Wildman–Crippen MR) is 85.7 cm³/mol. The first kappa shape index (κ1) is 15.2. The number of hydrogen-bond donors (Lipinski definition) is 1. The second-order valence-electron chi connectivity index (χ2n) is 5.27. The summed E-state index contributed by atoms with van der Waals surface area (Å²) < 4.78 is 10.8. The van der Waals surface area contributed by atoms with Crippen molar-refractivity contribution >= 4 is 16.7 Å². The Bertz CT molecular complexity index is 842. The minimum absolute atomic E-state index is 0.0234. The highest BCUT2D eigenvalue weighted by Gasteiger charge is 2.09. The SMILES string of the molecule is COCC(=O)Cc1cc(Oc2ccc(C)c3[nH]ncc23)ccn1. The minimum Gasteiger partial charge on any atom is -0.456 e. The van der Waals surface area contributed by atoms with E-state index in [2.05, 4.69) is 15.2 Å². The molecule has 0 saturated carbocycles. The zero-order valence-electron chi connectivity index (χ0n) is 13.0. The van der Waals surface area contributed by atoms with Crippen LogP contribution in [0.1, 0.15) is 11.3 Å². The standard InChI is InChI=1S/C17H17N3O3/c1-11-3-4-16(15-9-19-20-17(11)15)23-14-5-6-18-12(8-14)7-13(21)10-22-2/h3-6,8-9H,7,10H2,1-2H3,(H,19,20). The molecule has 0 amide bonds. The number of benzene rings is 1. The number of H-pyrrole nitrogens is 1. The van der Waals surface area contributed by atoms with Gasteiger partial charge >= 0.3 is 0 Å². The summed E-state index contributed by atoms with van der Waals surface area (Å²) in [6, 6.07) is 7.40. The number of rotatable bonds is 6. The maximum atomic E-state index is 11.6. The lowest BCUT2D eigenvalue weighted by Gasteiger charge is -2.09. The molecule has 0 radical (unpaired) electrons. The third-order valence-electron chi connectivity index (χ3n) is 3.48. The molecular formula is C17H17N3O3. The van der Waals surface area contributed by atoms with E-state index in [1.807, 2.05) is 19.1 Å². The van der Waals surface area contributed by atoms with Gasteiger partial charge in [0.2, 0.25) is 0 Å². The van der Waals surface area contributed by atoms with Crippen LogP contribution in [0.2, 0.25) is 0 Å². The Balaban J connectivity index is 1.83. The van der Waals surface area contributed by atoms with Crippen molar-refractivity contribution in [2.45, 2.75) is 13.3 Å². The lowest BCUT2D eigenvalue weighted by Crippen LogP contribution is -2.10. The molecule has 3 aromatic rings. The van der Waals surface area contributed by atoms with E-state index >= 15 is 0 Å². The normalized spacial score (nSPS) is 10.9. The van der Waals surface area contributed by atoms with E-state index in [0.717, 1.165) is 16.5 Å². The monoisotopic (exact) mass is 311 g/mol. The molecule has 0 spiro atoms. The average molecular weight is 311 g/mol. The van der Waals surface area contributed by atoms with E-state index in [9.17, 15) is 4.79 Å². The fourth-order valence-corrected chi connectivity index (χ4v) is 2.39. The van der Waals surface area contributed by atoms with Crippen molar-refractivity contribution in [3.8, 4) is 11.5 Å². The van der Waals surface area contributed by atoms with Crippen LogP contribution >= 0.6 is 0 Å². The Labute approximate surface area is 133 Å². The smallest absolute Gasteiger partial charge is 0.164 e. The van der Waals surface area contributed by atoms with Gasteiger partial charge < -0.3 is 9.47 Å². The van der Waals surface area contributed by atoms with Gasteiger partial charge in [-0.1, -0.05) is 6.07 Å². The van der Waals surface area contributed by atoms with Crippen LogP contribution in [-0.4, -0.2) is 34.7 Å². The van der Waals surface area contributed by atoms with Crippen LogP contribution in [-0.2, 0) is 16.0 Å². The molecule has 3 rings (SSSR count). The van der Waals surface area contributed by atoms with E-state index in [1.165, 1.54) is 7.11 Å². The number of nitrogens with zero attached hydrogens (tertiary/aromatic N) is 2. The molecule has 0 fully saturated rings. The number of methoxy groups -OCH3 is 1. The van der Waals surface area contributed by atoms with Crippen molar-refractivity contribution in [1.29, 1.82) is 0 Å². The number of ketones is 1. The highest BCUT2D eigenvalue weighted by atomic mass is 16.5. The van der Waals surface area contributed by atoms with Crippen LogP contribution in [0.4, 0.5) is 0 Å². The molecule has 2 aromatic heterocycles. The van der Waals surface area contributed by atoms with E-state index in [-0.39, 0.29) is 18.8 Å². The third kappa shape index (κ3) is 3.37. The molecule has 118 valence electrons. The summed E-state index contributed by atoms with van der Waals surface area (Å²) in [6.07, 6.45) is 3.59. The summed E-state index contributed by atoms with van der Waals surface area (Å²) in [5.41, 5.74) is 2.71. The third-order valence-corrected chi connectivity index (χ3v) is 3.48. The maximum absolute atomic E-state index is 11.6. The Morgan fingerprint density at radius 1 is 1.30 bits per heavy atom. The van der Waals surface area contributed by atoms with Gasteiger partial charge in [0, 0.05) is 19.4 Å². The van der Waals surface area contributed by atoms with Crippen LogP contribution in [0.5, 0.6) is 11.5 Å². The molecule has 0 aliphatic rings. The van der Waals surface area contributed by atoms with Gasteiger partial charge in [-0.05, 0) is 24.6 Å². The summed E-state index contributed by atoms with van der Waals surface area (Å²) in [7, 11) is 1.50. The van der Waals surface area contributed by atoms with Crippen LogP contribution < -0.4 is 4.74 Å². The molecule has 23 heavy (non-hydrogen) atoms. The molecule has 1 aromatic carbocycles. The van der Waals surface area contributed by atoms with Gasteiger partial charge in [0.05, 0.1) is 29.2 Å². The van der Waals surface area contributed by atoms with Crippen molar-refractivity contribution in [2.75, 3.05) is 13.7 Å². The zero-order valence-corrected chi connectivity index (χ0v) is 13.0. The van der Waals surface area contributed by atoms with E-state index in [1.54, 1.807) is 24.5 Å². The van der Waals surface area contributed by atoms with Gasteiger partial charge in [-0.3, -0.25) is 14.9 Å². The number of Topliss-reactive ketones (excluding diaryl/α,β-unsaturated/α-hetero) is 1. The van der Waals surface area contributed by atoms with Gasteiger partial charge in [-0.2, -0.15) is 5.10 Å². The maximum Gasteiger partial charge on any atom is 0.164 e. The number of ether oxygens (including phenoxy) is 2. The van der Waals surface area contributed by atoms with Crippen LogP contribution in [0, 0.1) is 6.92 Å². The van der Waals surface area contributed by atoms with Crippen LogP contribution in [0.3, 0.4) is 0 Å². The first-order chi connectivity index (χ1) is 11.2. The average Bonchev–Trinajstić information content (AvgIpc) is 3.01. The van der Waals surface area contributed by atoms with Crippen molar-refractivity contribution < 1.29 is 14.3 Å². The van der Waals surface area contributed by atoms with E-state index in [4.69, 9.17) is 9.47 Å². The molecule has 0 saturated heterocycles. The van der Waals surface area contributed by atoms with Crippen LogP contribution in [0.15, 0.2) is 36.7 Å². The van der Waals surface area contributed by atoms with Gasteiger partial charge in [-0.25, -0.2) is 0 Å². The van der Waals surface area contributed by atoms with Gasteiger partial charge in [0.25, 0.3) is 0 Å². The summed E-state index contributed by atoms with van der Waals surface area (Å²) in [6.45, 7) is 2.09. The minimum atomic E-state index is -0.0234. The molecular weight excluding hydrogens is 294 g/mol. The lowest BCUT2D eigenvalue weighted by molar-refractivity contribution is -0.122. The topological polar surface area (TPSA) is 77.1 Å². The highest BCUT2D eigenvalue weighted by molar-refractivity contribution is 5.87. The van der Waals surface area contributed by atoms with E-state index in [0.29, 0.717) is 17.2 Å². The number of aromatic nitrogens is 3. The quantitative estimate of drug-likeness (QED) is 0.757. The Morgan fingerprint density at radius 2 is 2.17 bits per heavy atom. The van der Waals surface area contributed by atoms with Crippen molar-refractivity contribution in [1.82, 2.24) is 15.2 Å². The summed E-state index contributed by atoms with van der Waals surface area (Å²) in [4.78, 5) is 15.8. The van der Waals surface area contributed by atoms with Gasteiger partial charge in [-0.15, -0.1) is 0 Å². The zero-order chi connectivity index (χ0) is 16.2. The molecule has 1 N–H and O–H groups in total. The Hall–Kier alpha value is -2.73. The molecule has 2 heterocycles. The first-order valence-corrected chi connectivity index (χ1v) is 7.23. The number of pyridine rings is 1. The lowest BCUT2D eigenvalue weighted by atomic mass is 10.1. The summed E-state index contributed by atoms with van der Waals surface area (Å²) in [5, 5.41) is 7.95. The number of aromatic amines is 1. The highest BCUT2D eigenvalue weighted by Crippen LogP contribution is 2.30. The second-order valence-corrected chi connectivity index (χ2v) is 5.27. The van der Waals surface area contributed by atoms with Gasteiger partial charge in [0.1, 0.15) is 18.1 Å². The number of carbonyl (C=O) groups is 1. The van der Waals surface area contributed by atoms with E-state index < -0.39 is 0 Å². The number of hydrogen-bond acceptors (Lipinski definition) is 5. The second kappa shape index (κ2) is 6.58. The molecule has 0 bridgehead atoms. The fourth-order valence-electron chi connectivity index (χ4n) is 2.39. The van der Waals surface area contributed by atoms with Crippen molar-refractivity contribution in [3.05, 3.63) is 47.9 Å². The van der Waals surface area contributed by atoms with Crippen LogP contribution in [0.25, 0.3) is 10.9 Å². The number of nitrogens with one attached hydrogen (secondary N) is 1. The molecule has 0 aliphatic carbocycles. The Kier molecular flexibility index (Phi) is 4.34. The summed E-state index contributed by atoms with van der Waals surface area (Å²) >= 11 is 0. The molecule has 6 heteroatoms. The number of aryl methyl sites for hydroxylation is 1. The molecule has 0 aliphatic heterocycles. The first-order valence-electron chi connectivity index (χ1n) is 7.23. The van der Waals surface area contributed by atoms with Crippen molar-refractivity contribution in [3.63, 3.8) is 0 Å². The molecule has 0 unspecified atom stereocenters. The summed E-state index contributed by atoms with van der Waals surface area (Å²) in [5.74, 6) is 1.32. The molecule has 6 nitrogen and oxygen atoms in total.